The molecule has 0 aliphatic heterocycles. The molecule has 0 saturated heterocycles. The van der Waals surface area contributed by atoms with Crippen molar-refractivity contribution in [2.75, 3.05) is 0 Å². The number of pyridine rings is 1. The Morgan fingerprint density at radius 1 is 1.03 bits per heavy atom. The zero-order chi connectivity index (χ0) is 21.0. The molecule has 0 atom stereocenters. The molecule has 146 valence electrons. The van der Waals surface area contributed by atoms with Crippen LogP contribution >= 0.6 is 0 Å². The lowest BCUT2D eigenvalue weighted by atomic mass is 10.1. The Morgan fingerprint density at radius 3 is 2.48 bits per heavy atom. The van der Waals surface area contributed by atoms with Crippen molar-refractivity contribution in [3.05, 3.63) is 82.7 Å². The van der Waals surface area contributed by atoms with Crippen molar-refractivity contribution in [3.63, 3.8) is 0 Å². The Bertz CT molecular complexity index is 1130. The largest absolute Gasteiger partial charge is 0.481 e. The first-order chi connectivity index (χ1) is 13.9. The van der Waals surface area contributed by atoms with Crippen LogP contribution in [0, 0.1) is 28.8 Å². The average molecular weight is 398 g/mol. The minimum Gasteiger partial charge on any atom is -0.481 e. The topological polar surface area (TPSA) is 83.2 Å². The van der Waals surface area contributed by atoms with Gasteiger partial charge in [0.25, 0.3) is 0 Å². The van der Waals surface area contributed by atoms with Crippen molar-refractivity contribution in [2.45, 2.75) is 13.0 Å². The van der Waals surface area contributed by atoms with Crippen LogP contribution in [0.15, 0.2) is 48.5 Å². The van der Waals surface area contributed by atoms with Crippen LogP contribution in [0.3, 0.4) is 0 Å². The third-order valence-corrected chi connectivity index (χ3v) is 4.02. The number of nitrogens with zero attached hydrogens (tertiary/aromatic N) is 2. The highest BCUT2D eigenvalue weighted by Crippen LogP contribution is 2.27. The number of carboxylic acid groups (broad SMARTS) is 1. The lowest BCUT2D eigenvalue weighted by Crippen LogP contribution is -2.03. The summed E-state index contributed by atoms with van der Waals surface area (Å²) in [5, 5.41) is 17.5. The molecule has 0 saturated carbocycles. The second kappa shape index (κ2) is 8.44. The van der Waals surface area contributed by atoms with Crippen LogP contribution in [0.1, 0.15) is 16.7 Å². The highest BCUT2D eigenvalue weighted by Gasteiger charge is 2.15. The summed E-state index contributed by atoms with van der Waals surface area (Å²) in [6.07, 6.45) is -0.369. The van der Waals surface area contributed by atoms with Crippen molar-refractivity contribution in [3.8, 4) is 23.2 Å². The van der Waals surface area contributed by atoms with Crippen molar-refractivity contribution < 1.29 is 27.8 Å². The molecule has 0 radical (unpaired) electrons. The Hall–Kier alpha value is -3.86. The third-order valence-electron chi connectivity index (χ3n) is 4.02. The molecule has 29 heavy (non-hydrogen) atoms. The summed E-state index contributed by atoms with van der Waals surface area (Å²) in [6.45, 7) is -0.227. The van der Waals surface area contributed by atoms with Crippen LogP contribution in [0.2, 0.25) is 0 Å². The molecule has 1 N–H and O–H groups in total. The summed E-state index contributed by atoms with van der Waals surface area (Å²) in [4.78, 5) is 14.7. The van der Waals surface area contributed by atoms with Gasteiger partial charge in [-0.2, -0.15) is 5.26 Å². The predicted molar refractivity (Wildman–Crippen MR) is 96.4 cm³/mol. The average Bonchev–Trinajstić information content (AvgIpc) is 2.68. The van der Waals surface area contributed by atoms with E-state index < -0.39 is 23.4 Å². The number of nitriles is 1. The van der Waals surface area contributed by atoms with Gasteiger partial charge in [-0.3, -0.25) is 4.79 Å². The van der Waals surface area contributed by atoms with Crippen LogP contribution in [0.4, 0.5) is 13.2 Å². The van der Waals surface area contributed by atoms with Gasteiger partial charge in [-0.15, -0.1) is 0 Å². The first kappa shape index (κ1) is 19.9. The molecule has 8 heteroatoms. The maximum absolute atomic E-state index is 14.4. The summed E-state index contributed by atoms with van der Waals surface area (Å²) in [6, 6.07) is 11.6. The summed E-state index contributed by atoms with van der Waals surface area (Å²) >= 11 is 0. The third kappa shape index (κ3) is 4.71. The molecule has 0 aliphatic rings. The van der Waals surface area contributed by atoms with E-state index in [-0.39, 0.29) is 46.9 Å². The van der Waals surface area contributed by atoms with E-state index in [1.807, 2.05) is 6.07 Å². The smallest absolute Gasteiger partial charge is 0.307 e. The Kier molecular flexibility index (Phi) is 5.79. The van der Waals surface area contributed by atoms with Gasteiger partial charge >= 0.3 is 5.97 Å². The van der Waals surface area contributed by atoms with Crippen LogP contribution < -0.4 is 4.74 Å². The summed E-state index contributed by atoms with van der Waals surface area (Å²) < 4.78 is 47.8. The summed E-state index contributed by atoms with van der Waals surface area (Å²) in [7, 11) is 0. The van der Waals surface area contributed by atoms with Gasteiger partial charge in [-0.25, -0.2) is 18.2 Å². The standard InChI is InChI=1S/C21H13F3N2O3/c22-16-5-6-19(29-11-14-3-1-13(10-25)8-17(14)23)26-21(16)15-4-2-12(7-18(15)24)9-20(27)28/h1-8H,9,11H2,(H,27,28). The number of hydrogen-bond acceptors (Lipinski definition) is 4. The van der Waals surface area contributed by atoms with Crippen LogP contribution in [-0.4, -0.2) is 16.1 Å². The van der Waals surface area contributed by atoms with Crippen molar-refractivity contribution in [1.29, 1.82) is 5.26 Å². The molecular formula is C21H13F3N2O3. The zero-order valence-corrected chi connectivity index (χ0v) is 14.8. The number of benzene rings is 2. The fourth-order valence-corrected chi connectivity index (χ4v) is 2.61. The van der Waals surface area contributed by atoms with E-state index in [4.69, 9.17) is 15.1 Å². The van der Waals surface area contributed by atoms with E-state index in [2.05, 4.69) is 4.98 Å². The number of aliphatic carboxylic acids is 1. The Balaban J connectivity index is 1.83. The van der Waals surface area contributed by atoms with Gasteiger partial charge in [0.2, 0.25) is 5.88 Å². The molecule has 1 aromatic heterocycles. The van der Waals surface area contributed by atoms with Crippen molar-refractivity contribution >= 4 is 5.97 Å². The van der Waals surface area contributed by atoms with Gasteiger partial charge in [0.15, 0.2) is 0 Å². The number of rotatable bonds is 6. The van der Waals surface area contributed by atoms with E-state index in [9.17, 15) is 18.0 Å². The van der Waals surface area contributed by atoms with Gasteiger partial charge in [-0.1, -0.05) is 12.1 Å². The number of carboxylic acids is 1. The lowest BCUT2D eigenvalue weighted by Gasteiger charge is -2.10. The predicted octanol–water partition coefficient (Wildman–Crippen LogP) is 4.24. The first-order valence-electron chi connectivity index (χ1n) is 8.36. The van der Waals surface area contributed by atoms with Gasteiger partial charge < -0.3 is 9.84 Å². The first-order valence-corrected chi connectivity index (χ1v) is 8.36. The normalized spacial score (nSPS) is 10.4. The summed E-state index contributed by atoms with van der Waals surface area (Å²) in [5.41, 5.74) is 0.0767. The molecule has 0 bridgehead atoms. The van der Waals surface area contributed by atoms with E-state index in [0.717, 1.165) is 18.2 Å². The molecule has 0 spiro atoms. The van der Waals surface area contributed by atoms with Gasteiger partial charge in [0.05, 0.1) is 18.1 Å². The molecule has 0 aliphatic carbocycles. The maximum atomic E-state index is 14.4. The molecule has 0 fully saturated rings. The molecule has 3 rings (SSSR count). The summed E-state index contributed by atoms with van der Waals surface area (Å²) in [5.74, 6) is -3.44. The van der Waals surface area contributed by atoms with E-state index in [1.165, 1.54) is 30.3 Å². The Morgan fingerprint density at radius 2 is 1.83 bits per heavy atom. The SMILES string of the molecule is N#Cc1ccc(COc2ccc(F)c(-c3ccc(CC(=O)O)cc3F)n2)c(F)c1. The second-order valence-electron chi connectivity index (χ2n) is 6.07. The zero-order valence-electron chi connectivity index (χ0n) is 14.8. The van der Waals surface area contributed by atoms with E-state index in [0.29, 0.717) is 0 Å². The molecule has 3 aromatic rings. The van der Waals surface area contributed by atoms with Crippen LogP contribution in [-0.2, 0) is 17.8 Å². The number of aromatic nitrogens is 1. The highest BCUT2D eigenvalue weighted by molar-refractivity contribution is 5.71. The Labute approximate surface area is 163 Å². The monoisotopic (exact) mass is 398 g/mol. The molecule has 2 aromatic carbocycles. The molecule has 0 unspecified atom stereocenters. The minimum atomic E-state index is -1.12. The number of halogens is 3. The number of carbonyl (C=O) groups is 1. The molecule has 0 amide bonds. The number of ether oxygens (including phenoxy) is 1. The minimum absolute atomic E-state index is 0.0563. The van der Waals surface area contributed by atoms with Gasteiger partial charge in [0.1, 0.15) is 29.8 Å². The van der Waals surface area contributed by atoms with Gasteiger partial charge in [0, 0.05) is 17.2 Å². The number of hydrogen-bond donors (Lipinski definition) is 1. The second-order valence-corrected chi connectivity index (χ2v) is 6.07. The highest BCUT2D eigenvalue weighted by atomic mass is 19.1. The van der Waals surface area contributed by atoms with Crippen molar-refractivity contribution in [2.24, 2.45) is 0 Å². The fraction of sp³-hybridized carbons (Fsp3) is 0.0952. The van der Waals surface area contributed by atoms with E-state index in [1.54, 1.807) is 0 Å². The fourth-order valence-electron chi connectivity index (χ4n) is 2.61. The quantitative estimate of drug-likeness (QED) is 0.671. The van der Waals surface area contributed by atoms with Crippen LogP contribution in [0.25, 0.3) is 11.3 Å². The molecule has 5 nitrogen and oxygen atoms in total. The van der Waals surface area contributed by atoms with Gasteiger partial charge in [-0.05, 0) is 35.9 Å². The van der Waals surface area contributed by atoms with Crippen LogP contribution in [0.5, 0.6) is 5.88 Å². The van der Waals surface area contributed by atoms with Crippen molar-refractivity contribution in [1.82, 2.24) is 4.98 Å². The maximum Gasteiger partial charge on any atom is 0.307 e. The molecule has 1 heterocycles. The lowest BCUT2D eigenvalue weighted by molar-refractivity contribution is -0.136. The van der Waals surface area contributed by atoms with E-state index >= 15 is 0 Å². The molecular weight excluding hydrogens is 385 g/mol.